The van der Waals surface area contributed by atoms with Crippen LogP contribution in [0.1, 0.15) is 47.9 Å². The monoisotopic (exact) mass is 711 g/mol. The lowest BCUT2D eigenvalue weighted by atomic mass is 9.89. The number of terminal acetylenes is 1. The first kappa shape index (κ1) is 32.9. The summed E-state index contributed by atoms with van der Waals surface area (Å²) in [6.07, 6.45) is 4.23. The highest BCUT2D eigenvalue weighted by atomic mass is 19.4. The molecule has 12 heteroatoms. The van der Waals surface area contributed by atoms with Crippen molar-refractivity contribution < 1.29 is 31.8 Å². The summed E-state index contributed by atoms with van der Waals surface area (Å²) in [6, 6.07) is 13.8. The molecule has 3 aliphatic heterocycles. The fourth-order valence-electron chi connectivity index (χ4n) is 8.45. The van der Waals surface area contributed by atoms with Crippen LogP contribution in [-0.2, 0) is 19.3 Å². The number of fused-ring (bicyclic) bond motifs is 5. The van der Waals surface area contributed by atoms with Gasteiger partial charge in [0.25, 0.3) is 0 Å². The third-order valence-electron chi connectivity index (χ3n) is 11.1. The lowest BCUT2D eigenvalue weighted by molar-refractivity contribution is -0.137. The maximum atomic E-state index is 17.2. The van der Waals surface area contributed by atoms with Gasteiger partial charge in [0, 0.05) is 66.6 Å². The molecule has 3 fully saturated rings. The van der Waals surface area contributed by atoms with E-state index in [0.717, 1.165) is 63.5 Å². The van der Waals surface area contributed by atoms with E-state index >= 15 is 17.6 Å². The highest BCUT2D eigenvalue weighted by Gasteiger charge is 2.46. The van der Waals surface area contributed by atoms with Crippen LogP contribution in [0.15, 0.2) is 54.6 Å². The molecule has 266 valence electrons. The number of nitrogens with one attached hydrogen (secondary N) is 1. The first-order valence-corrected chi connectivity index (χ1v) is 17.5. The molecule has 9 rings (SSSR count). The molecule has 0 radical (unpaired) electrons. The minimum atomic E-state index is -5.06. The van der Waals surface area contributed by atoms with Gasteiger partial charge in [-0.15, -0.1) is 6.42 Å². The van der Waals surface area contributed by atoms with Crippen molar-refractivity contribution >= 4 is 27.5 Å². The van der Waals surface area contributed by atoms with Crippen molar-refractivity contribution in [2.45, 2.75) is 57.0 Å². The smallest absolute Gasteiger partial charge is 0.417 e. The summed E-state index contributed by atoms with van der Waals surface area (Å²) in [5.74, 6) is -0.242. The Bertz CT molecular complexity index is 2280. The van der Waals surface area contributed by atoms with E-state index < -0.39 is 40.3 Å². The Balaban J connectivity index is 1.17. The molecule has 0 spiro atoms. The molecule has 2 atom stereocenters. The average Bonchev–Trinajstić information content (AvgIpc) is 3.62. The van der Waals surface area contributed by atoms with Gasteiger partial charge in [0.05, 0.1) is 17.7 Å². The summed E-state index contributed by atoms with van der Waals surface area (Å²) in [6.45, 7) is 3.65. The highest BCUT2D eigenvalue weighted by molar-refractivity contribution is 6.05. The molecule has 1 aromatic heterocycles. The number of hydrogen-bond acceptors (Lipinski definition) is 7. The molecule has 2 N–H and O–H groups in total. The minimum Gasteiger partial charge on any atom is -0.508 e. The molecule has 7 nitrogen and oxygen atoms in total. The molecule has 2 unspecified atom stereocenters. The van der Waals surface area contributed by atoms with Crippen molar-refractivity contribution in [1.29, 1.82) is 0 Å². The maximum absolute atomic E-state index is 17.2. The van der Waals surface area contributed by atoms with Gasteiger partial charge >= 0.3 is 12.2 Å². The maximum Gasteiger partial charge on any atom is 0.417 e. The Hall–Kier alpha value is -4.99. The molecule has 2 bridgehead atoms. The van der Waals surface area contributed by atoms with Gasteiger partial charge in [-0.1, -0.05) is 36.3 Å². The lowest BCUT2D eigenvalue weighted by Crippen LogP contribution is -2.51. The standard InChI is InChI=1S/C40H34F5N5O2/c1-2-28-32(41)10-7-22-13-27(51)14-29(33(22)28)34-31(40(43,44)45)15-30-36(35(34)42)47-38(48-37(30)50-18-25-8-9-26(19-50)46-25)52-21-39(11-12-39)20-49-16-23-5-3-4-6-24(23)17-49/h1,3-7,10,13-15,25-26,46,51H,8-9,11-12,16-21H2. The van der Waals surface area contributed by atoms with Crippen LogP contribution >= 0.6 is 0 Å². The number of nitrogens with zero attached hydrogens (tertiary/aromatic N) is 4. The molecule has 5 aromatic rings. The van der Waals surface area contributed by atoms with E-state index in [1.807, 2.05) is 17.0 Å². The Morgan fingerprint density at radius 3 is 2.35 bits per heavy atom. The van der Waals surface area contributed by atoms with Gasteiger partial charge in [-0.2, -0.15) is 23.1 Å². The number of phenols is 1. The van der Waals surface area contributed by atoms with Crippen LogP contribution in [0, 0.1) is 29.4 Å². The second-order valence-corrected chi connectivity index (χ2v) is 14.7. The summed E-state index contributed by atoms with van der Waals surface area (Å²) < 4.78 is 83.7. The summed E-state index contributed by atoms with van der Waals surface area (Å²) in [5.41, 5.74) is -0.901. The van der Waals surface area contributed by atoms with Crippen LogP contribution in [0.3, 0.4) is 0 Å². The highest BCUT2D eigenvalue weighted by Crippen LogP contribution is 2.49. The van der Waals surface area contributed by atoms with Crippen LogP contribution in [0.5, 0.6) is 11.8 Å². The third kappa shape index (κ3) is 5.67. The number of anilines is 1. The van der Waals surface area contributed by atoms with Crippen molar-refractivity contribution in [2.75, 3.05) is 31.1 Å². The van der Waals surface area contributed by atoms with Gasteiger partial charge in [0.15, 0.2) is 5.82 Å². The van der Waals surface area contributed by atoms with Crippen molar-refractivity contribution in [3.63, 3.8) is 0 Å². The van der Waals surface area contributed by atoms with Crippen molar-refractivity contribution in [3.8, 4) is 35.2 Å². The van der Waals surface area contributed by atoms with Crippen molar-refractivity contribution in [3.05, 3.63) is 88.5 Å². The molecule has 2 saturated heterocycles. The number of aromatic nitrogens is 2. The van der Waals surface area contributed by atoms with Crippen LogP contribution in [-0.4, -0.2) is 58.3 Å². The molecule has 0 amide bonds. The molecule has 4 aliphatic rings. The van der Waals surface area contributed by atoms with Crippen LogP contribution in [0.4, 0.5) is 27.8 Å². The normalized spacial score (nSPS) is 20.7. The third-order valence-corrected chi connectivity index (χ3v) is 11.1. The Morgan fingerprint density at radius 1 is 0.981 bits per heavy atom. The number of halogens is 5. The zero-order chi connectivity index (χ0) is 35.9. The van der Waals surface area contributed by atoms with Gasteiger partial charge in [-0.05, 0) is 72.0 Å². The van der Waals surface area contributed by atoms with E-state index in [1.165, 1.54) is 23.3 Å². The van der Waals surface area contributed by atoms with Crippen molar-refractivity contribution in [1.82, 2.24) is 20.2 Å². The zero-order valence-electron chi connectivity index (χ0n) is 28.0. The van der Waals surface area contributed by atoms with Gasteiger partial charge in [-0.3, -0.25) is 4.90 Å². The number of benzene rings is 4. The number of hydrogen-bond donors (Lipinski definition) is 2. The van der Waals surface area contributed by atoms with E-state index in [2.05, 4.69) is 38.2 Å². The van der Waals surface area contributed by atoms with Crippen molar-refractivity contribution in [2.24, 2.45) is 5.41 Å². The quantitative estimate of drug-likeness (QED) is 0.134. The fourth-order valence-corrected chi connectivity index (χ4v) is 8.45. The second-order valence-electron chi connectivity index (χ2n) is 14.7. The predicted molar refractivity (Wildman–Crippen MR) is 187 cm³/mol. The van der Waals surface area contributed by atoms with E-state index in [9.17, 15) is 9.50 Å². The molecule has 4 heterocycles. The summed E-state index contributed by atoms with van der Waals surface area (Å²) >= 11 is 0. The van der Waals surface area contributed by atoms with E-state index in [1.54, 1.807) is 0 Å². The van der Waals surface area contributed by atoms with E-state index in [-0.39, 0.29) is 63.2 Å². The average molecular weight is 712 g/mol. The van der Waals surface area contributed by atoms with E-state index in [0.29, 0.717) is 13.1 Å². The second kappa shape index (κ2) is 12.0. The Kier molecular flexibility index (Phi) is 7.61. The SMILES string of the molecule is C#Cc1c(F)ccc2cc(O)cc(-c3c(C(F)(F)F)cc4c(N5CC6CCC(C5)N6)nc(OCC5(CN6Cc7ccccc7C6)CC5)nc4c3F)c12. The minimum absolute atomic E-state index is 0.106. The molecule has 1 aliphatic carbocycles. The fraction of sp³-hybridized carbons (Fsp3) is 0.350. The topological polar surface area (TPSA) is 73.8 Å². The van der Waals surface area contributed by atoms with Crippen LogP contribution in [0.2, 0.25) is 0 Å². The first-order chi connectivity index (χ1) is 25.0. The molecular weight excluding hydrogens is 677 g/mol. The van der Waals surface area contributed by atoms with Gasteiger partial charge in [0.2, 0.25) is 0 Å². The summed E-state index contributed by atoms with van der Waals surface area (Å²) in [5, 5.41) is 14.0. The number of phenolic OH excluding ortho intramolecular Hbond substituents is 1. The largest absolute Gasteiger partial charge is 0.508 e. The molecular formula is C40H34F5N5O2. The van der Waals surface area contributed by atoms with Crippen LogP contribution < -0.4 is 15.0 Å². The number of aromatic hydroxyl groups is 1. The molecule has 52 heavy (non-hydrogen) atoms. The van der Waals surface area contributed by atoms with Gasteiger partial charge in [-0.25, -0.2) is 8.78 Å². The predicted octanol–water partition coefficient (Wildman–Crippen LogP) is 7.55. The Morgan fingerprint density at radius 2 is 1.69 bits per heavy atom. The number of piperazine rings is 1. The lowest BCUT2D eigenvalue weighted by Gasteiger charge is -2.34. The van der Waals surface area contributed by atoms with Crippen LogP contribution in [0.25, 0.3) is 32.8 Å². The molecule has 1 saturated carbocycles. The number of ether oxygens (including phenoxy) is 1. The summed E-state index contributed by atoms with van der Waals surface area (Å²) in [4.78, 5) is 13.4. The van der Waals surface area contributed by atoms with Gasteiger partial charge < -0.3 is 20.1 Å². The summed E-state index contributed by atoms with van der Waals surface area (Å²) in [7, 11) is 0. The number of alkyl halides is 3. The first-order valence-electron chi connectivity index (χ1n) is 17.5. The van der Waals surface area contributed by atoms with Gasteiger partial charge in [0.1, 0.15) is 22.9 Å². The number of rotatable bonds is 7. The Labute approximate surface area is 296 Å². The molecule has 4 aromatic carbocycles. The zero-order valence-corrected chi connectivity index (χ0v) is 28.0. The van der Waals surface area contributed by atoms with E-state index in [4.69, 9.17) is 11.2 Å².